The third kappa shape index (κ3) is 2.92. The molecule has 5 nitrogen and oxygen atoms in total. The lowest BCUT2D eigenvalue weighted by Crippen LogP contribution is -2.30. The first-order chi connectivity index (χ1) is 11.2. The molecule has 1 aromatic carbocycles. The second-order valence-corrected chi connectivity index (χ2v) is 6.18. The van der Waals surface area contributed by atoms with Gasteiger partial charge < -0.3 is 9.47 Å². The molecule has 0 N–H and O–H groups in total. The first kappa shape index (κ1) is 15.8. The molecule has 5 heteroatoms. The molecule has 2 atom stereocenters. The average Bonchev–Trinajstić information content (AvgIpc) is 2.81. The summed E-state index contributed by atoms with van der Waals surface area (Å²) in [7, 11) is 1.59. The highest BCUT2D eigenvalue weighted by atomic mass is 16.5. The van der Waals surface area contributed by atoms with E-state index in [1.54, 1.807) is 7.11 Å². The van der Waals surface area contributed by atoms with Crippen LogP contribution in [-0.4, -0.2) is 30.4 Å². The molecule has 1 saturated carbocycles. The van der Waals surface area contributed by atoms with Crippen LogP contribution in [0, 0.1) is 11.8 Å². The van der Waals surface area contributed by atoms with Gasteiger partial charge in [0.25, 0.3) is 0 Å². The van der Waals surface area contributed by atoms with Gasteiger partial charge in [0.1, 0.15) is 0 Å². The van der Waals surface area contributed by atoms with Crippen molar-refractivity contribution in [1.82, 2.24) is 4.90 Å². The van der Waals surface area contributed by atoms with E-state index in [0.29, 0.717) is 24.7 Å². The van der Waals surface area contributed by atoms with Crippen LogP contribution < -0.4 is 9.47 Å². The number of ether oxygens (including phenoxy) is 2. The largest absolute Gasteiger partial charge is 0.493 e. The molecule has 2 amide bonds. The number of benzene rings is 1. The second-order valence-electron chi connectivity index (χ2n) is 6.18. The summed E-state index contributed by atoms with van der Waals surface area (Å²) in [5, 5.41) is 0. The maximum atomic E-state index is 12.5. The summed E-state index contributed by atoms with van der Waals surface area (Å²) in [6.45, 7) is 2.75. The number of fused-ring (bicyclic) bond motifs is 1. The fraction of sp³-hybridized carbons (Fsp3) is 0.556. The zero-order valence-electron chi connectivity index (χ0n) is 13.7. The second kappa shape index (κ2) is 6.60. The standard InChI is InChI=1S/C18H23NO4/c1-3-23-16-10-12(8-9-15(16)22-2)11-19-17(20)13-6-4-5-7-14(13)18(19)21/h8-10,13-14H,3-7,11H2,1-2H3/t13-,14-/m0/s1. The van der Waals surface area contributed by atoms with Crippen molar-refractivity contribution in [3.05, 3.63) is 23.8 Å². The summed E-state index contributed by atoms with van der Waals surface area (Å²) in [4.78, 5) is 26.5. The van der Waals surface area contributed by atoms with Gasteiger partial charge in [-0.1, -0.05) is 18.9 Å². The Labute approximate surface area is 136 Å². The third-order valence-corrected chi connectivity index (χ3v) is 4.80. The van der Waals surface area contributed by atoms with E-state index >= 15 is 0 Å². The van der Waals surface area contributed by atoms with Gasteiger partial charge in [-0.3, -0.25) is 14.5 Å². The van der Waals surface area contributed by atoms with Crippen molar-refractivity contribution in [3.8, 4) is 11.5 Å². The minimum Gasteiger partial charge on any atom is -0.493 e. The van der Waals surface area contributed by atoms with Crippen LogP contribution in [0.15, 0.2) is 18.2 Å². The molecule has 1 saturated heterocycles. The smallest absolute Gasteiger partial charge is 0.233 e. The Morgan fingerprint density at radius 1 is 1.09 bits per heavy atom. The van der Waals surface area contributed by atoms with Gasteiger partial charge in [-0.25, -0.2) is 0 Å². The van der Waals surface area contributed by atoms with Crippen molar-refractivity contribution in [2.45, 2.75) is 39.2 Å². The molecule has 1 aliphatic heterocycles. The molecule has 23 heavy (non-hydrogen) atoms. The number of imide groups is 1. The van der Waals surface area contributed by atoms with Crippen LogP contribution in [0.1, 0.15) is 38.2 Å². The van der Waals surface area contributed by atoms with Crippen molar-refractivity contribution in [2.24, 2.45) is 11.8 Å². The Hall–Kier alpha value is -2.04. The molecular formula is C18H23NO4. The Balaban J connectivity index is 1.80. The molecule has 1 heterocycles. The average molecular weight is 317 g/mol. The van der Waals surface area contributed by atoms with E-state index < -0.39 is 0 Å². The highest BCUT2D eigenvalue weighted by Crippen LogP contribution is 2.39. The maximum absolute atomic E-state index is 12.5. The lowest BCUT2D eigenvalue weighted by Gasteiger charge is -2.19. The van der Waals surface area contributed by atoms with Crippen molar-refractivity contribution in [1.29, 1.82) is 0 Å². The predicted octanol–water partition coefficient (Wildman–Crippen LogP) is 2.77. The van der Waals surface area contributed by atoms with Crippen LogP contribution in [0.25, 0.3) is 0 Å². The van der Waals surface area contributed by atoms with Crippen LogP contribution >= 0.6 is 0 Å². The van der Waals surface area contributed by atoms with Crippen LogP contribution in [0.5, 0.6) is 11.5 Å². The van der Waals surface area contributed by atoms with Crippen LogP contribution in [-0.2, 0) is 16.1 Å². The number of rotatable bonds is 5. The zero-order chi connectivity index (χ0) is 16.4. The van der Waals surface area contributed by atoms with Gasteiger partial charge in [-0.2, -0.15) is 0 Å². The predicted molar refractivity (Wildman–Crippen MR) is 85.2 cm³/mol. The molecule has 3 rings (SSSR count). The van der Waals surface area contributed by atoms with Crippen molar-refractivity contribution in [2.75, 3.05) is 13.7 Å². The van der Waals surface area contributed by atoms with E-state index in [1.807, 2.05) is 25.1 Å². The molecule has 1 aliphatic carbocycles. The van der Waals surface area contributed by atoms with Crippen LogP contribution in [0.4, 0.5) is 0 Å². The first-order valence-corrected chi connectivity index (χ1v) is 8.30. The van der Waals surface area contributed by atoms with E-state index in [1.165, 1.54) is 4.90 Å². The Kier molecular flexibility index (Phi) is 4.55. The highest BCUT2D eigenvalue weighted by Gasteiger charge is 2.47. The fourth-order valence-electron chi connectivity index (χ4n) is 3.66. The fourth-order valence-corrected chi connectivity index (χ4v) is 3.66. The number of amides is 2. The minimum absolute atomic E-state index is 0.00604. The Bertz CT molecular complexity index is 589. The van der Waals surface area contributed by atoms with Gasteiger partial charge in [0.05, 0.1) is 32.1 Å². The topological polar surface area (TPSA) is 55.8 Å². The maximum Gasteiger partial charge on any atom is 0.233 e. The summed E-state index contributed by atoms with van der Waals surface area (Å²) in [5.41, 5.74) is 0.884. The number of likely N-dealkylation sites (tertiary alicyclic amines) is 1. The molecule has 0 aromatic heterocycles. The van der Waals surface area contributed by atoms with E-state index in [9.17, 15) is 9.59 Å². The lowest BCUT2D eigenvalue weighted by molar-refractivity contribution is -0.140. The molecule has 0 unspecified atom stereocenters. The quantitative estimate of drug-likeness (QED) is 0.784. The highest BCUT2D eigenvalue weighted by molar-refractivity contribution is 6.05. The zero-order valence-corrected chi connectivity index (χ0v) is 13.7. The summed E-state index contributed by atoms with van der Waals surface area (Å²) in [6.07, 6.45) is 3.78. The number of carbonyl (C=O) groups is 2. The van der Waals surface area contributed by atoms with Gasteiger partial charge in [0, 0.05) is 0 Å². The minimum atomic E-state index is -0.0964. The molecule has 0 spiro atoms. The summed E-state index contributed by atoms with van der Waals surface area (Å²) >= 11 is 0. The van der Waals surface area contributed by atoms with Gasteiger partial charge in [0.15, 0.2) is 11.5 Å². The summed E-state index contributed by atoms with van der Waals surface area (Å²) in [5.74, 6) is 1.09. The number of nitrogens with zero attached hydrogens (tertiary/aromatic N) is 1. The molecule has 2 fully saturated rings. The SMILES string of the molecule is CCOc1cc(CN2C(=O)[C@H]3CCCC[C@@H]3C2=O)ccc1OC. The van der Waals surface area contributed by atoms with Crippen molar-refractivity contribution < 1.29 is 19.1 Å². The van der Waals surface area contributed by atoms with Crippen molar-refractivity contribution >= 4 is 11.8 Å². The monoisotopic (exact) mass is 317 g/mol. The van der Waals surface area contributed by atoms with Gasteiger partial charge in [0.2, 0.25) is 11.8 Å². The van der Waals surface area contributed by atoms with Crippen LogP contribution in [0.3, 0.4) is 0 Å². The van der Waals surface area contributed by atoms with Gasteiger partial charge in [-0.05, 0) is 37.5 Å². The van der Waals surface area contributed by atoms with Crippen molar-refractivity contribution in [3.63, 3.8) is 0 Å². The summed E-state index contributed by atoms with van der Waals surface area (Å²) < 4.78 is 10.8. The number of carbonyl (C=O) groups excluding carboxylic acids is 2. The molecular weight excluding hydrogens is 294 g/mol. The van der Waals surface area contributed by atoms with Gasteiger partial charge >= 0.3 is 0 Å². The van der Waals surface area contributed by atoms with Crippen LogP contribution in [0.2, 0.25) is 0 Å². The number of methoxy groups -OCH3 is 1. The van der Waals surface area contributed by atoms with E-state index in [4.69, 9.17) is 9.47 Å². The first-order valence-electron chi connectivity index (χ1n) is 8.30. The Morgan fingerprint density at radius 3 is 2.30 bits per heavy atom. The molecule has 124 valence electrons. The summed E-state index contributed by atoms with van der Waals surface area (Å²) in [6, 6.07) is 5.55. The molecule has 1 aromatic rings. The molecule has 2 aliphatic rings. The molecule has 0 radical (unpaired) electrons. The lowest BCUT2D eigenvalue weighted by atomic mass is 9.81. The van der Waals surface area contributed by atoms with E-state index in [0.717, 1.165) is 31.2 Å². The Morgan fingerprint density at radius 2 is 1.74 bits per heavy atom. The van der Waals surface area contributed by atoms with E-state index in [2.05, 4.69) is 0 Å². The van der Waals surface area contributed by atoms with E-state index in [-0.39, 0.29) is 23.7 Å². The number of hydrogen-bond donors (Lipinski definition) is 0. The normalized spacial score (nSPS) is 23.8. The van der Waals surface area contributed by atoms with Gasteiger partial charge in [-0.15, -0.1) is 0 Å². The molecule has 0 bridgehead atoms. The number of hydrogen-bond acceptors (Lipinski definition) is 4. The third-order valence-electron chi connectivity index (χ3n) is 4.80.